The van der Waals surface area contributed by atoms with Gasteiger partial charge >= 0.3 is 0 Å². The van der Waals surface area contributed by atoms with Crippen molar-refractivity contribution >= 4 is 5.82 Å². The molecule has 1 heterocycles. The number of aromatic nitrogens is 2. The highest BCUT2D eigenvalue weighted by atomic mass is 16.1. The average Bonchev–Trinajstić information content (AvgIpc) is 2.30. The Hall–Kier alpha value is -2.10. The Kier molecular flexibility index (Phi) is 3.23. The van der Waals surface area contributed by atoms with Crippen molar-refractivity contribution in [2.45, 2.75) is 19.8 Å². The predicted molar refractivity (Wildman–Crippen MR) is 67.9 cm³/mol. The van der Waals surface area contributed by atoms with E-state index in [2.05, 4.69) is 9.97 Å². The first kappa shape index (κ1) is 11.4. The third-order valence-electron chi connectivity index (χ3n) is 2.66. The minimum atomic E-state index is -0.133. The quantitative estimate of drug-likeness (QED) is 0.837. The molecule has 17 heavy (non-hydrogen) atoms. The van der Waals surface area contributed by atoms with Gasteiger partial charge in [-0.3, -0.25) is 4.79 Å². The molecule has 0 saturated heterocycles. The summed E-state index contributed by atoms with van der Waals surface area (Å²) in [5.41, 5.74) is 7.28. The Bertz CT molecular complexity index is 561. The summed E-state index contributed by atoms with van der Waals surface area (Å²) in [6.45, 7) is 1.89. The molecule has 88 valence electrons. The van der Waals surface area contributed by atoms with Crippen molar-refractivity contribution < 1.29 is 0 Å². The molecule has 0 aliphatic heterocycles. The molecular weight excluding hydrogens is 214 g/mol. The van der Waals surface area contributed by atoms with Crippen molar-refractivity contribution in [3.05, 3.63) is 57.6 Å². The van der Waals surface area contributed by atoms with Crippen molar-refractivity contribution in [3.8, 4) is 0 Å². The normalized spacial score (nSPS) is 10.4. The van der Waals surface area contributed by atoms with Crippen LogP contribution in [0.3, 0.4) is 0 Å². The van der Waals surface area contributed by atoms with Crippen molar-refractivity contribution in [3.63, 3.8) is 0 Å². The van der Waals surface area contributed by atoms with Gasteiger partial charge in [0.25, 0.3) is 5.56 Å². The van der Waals surface area contributed by atoms with E-state index < -0.39 is 0 Å². The summed E-state index contributed by atoms with van der Waals surface area (Å²) < 4.78 is 0. The summed E-state index contributed by atoms with van der Waals surface area (Å²) in [5.74, 6) is 0.943. The van der Waals surface area contributed by atoms with Crippen molar-refractivity contribution in [1.82, 2.24) is 9.97 Å². The molecule has 0 saturated carbocycles. The first-order chi connectivity index (χ1) is 8.20. The molecule has 3 N–H and O–H groups in total. The highest BCUT2D eigenvalue weighted by Gasteiger charge is 2.07. The minimum Gasteiger partial charge on any atom is -0.383 e. The Labute approximate surface area is 99.5 Å². The minimum absolute atomic E-state index is 0.133. The van der Waals surface area contributed by atoms with Gasteiger partial charge in [-0.15, -0.1) is 0 Å². The highest BCUT2D eigenvalue weighted by Crippen LogP contribution is 2.07. The first-order valence-electron chi connectivity index (χ1n) is 5.62. The number of hydrogen-bond donors (Lipinski definition) is 2. The SMILES string of the molecule is CCc1c(N)nc(Cc2ccccc2)[nH]c1=O. The number of nitrogens with two attached hydrogens (primary N) is 1. The Morgan fingerprint density at radius 3 is 2.59 bits per heavy atom. The van der Waals surface area contributed by atoms with Crippen LogP contribution in [0.1, 0.15) is 23.9 Å². The van der Waals surface area contributed by atoms with Crippen LogP contribution in [0.25, 0.3) is 0 Å². The number of anilines is 1. The Morgan fingerprint density at radius 1 is 1.29 bits per heavy atom. The first-order valence-corrected chi connectivity index (χ1v) is 5.62. The summed E-state index contributed by atoms with van der Waals surface area (Å²) in [7, 11) is 0. The molecule has 0 bridgehead atoms. The van der Waals surface area contributed by atoms with Crippen LogP contribution in [0.5, 0.6) is 0 Å². The number of nitrogens with zero attached hydrogens (tertiary/aromatic N) is 1. The topological polar surface area (TPSA) is 71.8 Å². The second kappa shape index (κ2) is 4.82. The standard InChI is InChI=1S/C13H15N3O/c1-2-10-12(14)15-11(16-13(10)17)8-9-6-4-3-5-7-9/h3-7H,2,8H2,1H3,(H3,14,15,16,17). The molecule has 0 fully saturated rings. The maximum Gasteiger partial charge on any atom is 0.256 e. The molecule has 4 nitrogen and oxygen atoms in total. The van der Waals surface area contributed by atoms with E-state index >= 15 is 0 Å². The summed E-state index contributed by atoms with van der Waals surface area (Å²) in [5, 5.41) is 0. The molecule has 1 aromatic carbocycles. The Balaban J connectivity index is 2.32. The van der Waals surface area contributed by atoms with Crippen LogP contribution in [-0.4, -0.2) is 9.97 Å². The largest absolute Gasteiger partial charge is 0.383 e. The van der Waals surface area contributed by atoms with Crippen molar-refractivity contribution in [2.75, 3.05) is 5.73 Å². The molecule has 0 radical (unpaired) electrons. The lowest BCUT2D eigenvalue weighted by Gasteiger charge is -2.05. The number of rotatable bonds is 3. The van der Waals surface area contributed by atoms with Gasteiger partial charge in [0.05, 0.1) is 5.56 Å². The maximum absolute atomic E-state index is 11.7. The van der Waals surface area contributed by atoms with Gasteiger partial charge in [-0.05, 0) is 12.0 Å². The second-order valence-corrected chi connectivity index (χ2v) is 3.89. The number of nitrogen functional groups attached to an aromatic ring is 1. The molecule has 0 amide bonds. The zero-order valence-corrected chi connectivity index (χ0v) is 9.73. The van der Waals surface area contributed by atoms with Crippen molar-refractivity contribution in [2.24, 2.45) is 0 Å². The van der Waals surface area contributed by atoms with Gasteiger partial charge in [0.2, 0.25) is 0 Å². The molecule has 0 unspecified atom stereocenters. The average molecular weight is 229 g/mol. The van der Waals surface area contributed by atoms with E-state index in [9.17, 15) is 4.79 Å². The van der Waals surface area contributed by atoms with Crippen LogP contribution in [0, 0.1) is 0 Å². The van der Waals surface area contributed by atoms with Crippen LogP contribution in [0.15, 0.2) is 35.1 Å². The smallest absolute Gasteiger partial charge is 0.256 e. The van der Waals surface area contributed by atoms with Gasteiger partial charge < -0.3 is 10.7 Å². The van der Waals surface area contributed by atoms with Gasteiger partial charge in [-0.25, -0.2) is 4.98 Å². The van der Waals surface area contributed by atoms with E-state index in [1.165, 1.54) is 0 Å². The third-order valence-corrected chi connectivity index (χ3v) is 2.66. The van der Waals surface area contributed by atoms with Crippen LogP contribution in [0.2, 0.25) is 0 Å². The lowest BCUT2D eigenvalue weighted by atomic mass is 10.1. The summed E-state index contributed by atoms with van der Waals surface area (Å²) in [6.07, 6.45) is 1.18. The van der Waals surface area contributed by atoms with E-state index in [-0.39, 0.29) is 5.56 Å². The van der Waals surface area contributed by atoms with E-state index in [4.69, 9.17) is 5.73 Å². The number of aromatic amines is 1. The monoisotopic (exact) mass is 229 g/mol. The maximum atomic E-state index is 11.7. The van der Waals surface area contributed by atoms with E-state index in [1.54, 1.807) is 0 Å². The third kappa shape index (κ3) is 2.53. The zero-order valence-electron chi connectivity index (χ0n) is 9.73. The molecular formula is C13H15N3O. The molecule has 2 rings (SSSR count). The summed E-state index contributed by atoms with van der Waals surface area (Å²) in [6, 6.07) is 9.84. The highest BCUT2D eigenvalue weighted by molar-refractivity contribution is 5.38. The number of benzene rings is 1. The molecule has 0 spiro atoms. The lowest BCUT2D eigenvalue weighted by molar-refractivity contribution is 0.916. The molecule has 0 aliphatic rings. The Morgan fingerprint density at radius 2 is 2.00 bits per heavy atom. The molecule has 0 atom stereocenters. The summed E-state index contributed by atoms with van der Waals surface area (Å²) in [4.78, 5) is 18.7. The number of hydrogen-bond acceptors (Lipinski definition) is 3. The number of H-pyrrole nitrogens is 1. The zero-order chi connectivity index (χ0) is 12.3. The van der Waals surface area contributed by atoms with E-state index in [0.717, 1.165) is 5.56 Å². The van der Waals surface area contributed by atoms with Gasteiger partial charge in [-0.2, -0.15) is 0 Å². The van der Waals surface area contributed by atoms with Crippen LogP contribution >= 0.6 is 0 Å². The summed E-state index contributed by atoms with van der Waals surface area (Å²) >= 11 is 0. The van der Waals surface area contributed by atoms with Crippen molar-refractivity contribution in [1.29, 1.82) is 0 Å². The second-order valence-electron chi connectivity index (χ2n) is 3.89. The van der Waals surface area contributed by atoms with Gasteiger partial charge in [0, 0.05) is 6.42 Å². The van der Waals surface area contributed by atoms with E-state index in [1.807, 2.05) is 37.3 Å². The van der Waals surface area contributed by atoms with E-state index in [0.29, 0.717) is 30.0 Å². The van der Waals surface area contributed by atoms with Gasteiger partial charge in [-0.1, -0.05) is 37.3 Å². The van der Waals surface area contributed by atoms with Crippen LogP contribution in [-0.2, 0) is 12.8 Å². The van der Waals surface area contributed by atoms with Gasteiger partial charge in [0.15, 0.2) is 0 Å². The molecule has 2 aromatic rings. The predicted octanol–water partition coefficient (Wildman–Crippen LogP) is 1.51. The van der Waals surface area contributed by atoms with Crippen LogP contribution in [0.4, 0.5) is 5.82 Å². The lowest BCUT2D eigenvalue weighted by Crippen LogP contribution is -2.19. The molecule has 4 heteroatoms. The van der Waals surface area contributed by atoms with Crippen LogP contribution < -0.4 is 11.3 Å². The molecule has 1 aromatic heterocycles. The fourth-order valence-electron chi connectivity index (χ4n) is 1.78. The molecule has 0 aliphatic carbocycles. The number of nitrogens with one attached hydrogen (secondary N) is 1. The fraction of sp³-hybridized carbons (Fsp3) is 0.231. The fourth-order valence-corrected chi connectivity index (χ4v) is 1.78. The van der Waals surface area contributed by atoms with Gasteiger partial charge in [0.1, 0.15) is 11.6 Å².